The van der Waals surface area contributed by atoms with Crippen LogP contribution in [0, 0.1) is 0 Å². The Hall–Kier alpha value is -0.120. The standard InChI is InChI=1S/C9H20N2O/c1-2-4-11-5-3-6-12-9(7-10)8-11/h9H,2-8,10H2,1H3. The van der Waals surface area contributed by atoms with Crippen LogP contribution >= 0.6 is 0 Å². The molecule has 72 valence electrons. The van der Waals surface area contributed by atoms with Crippen LogP contribution < -0.4 is 5.73 Å². The van der Waals surface area contributed by atoms with Gasteiger partial charge in [0.15, 0.2) is 0 Å². The Kier molecular flexibility index (Phi) is 4.58. The predicted molar refractivity (Wildman–Crippen MR) is 50.1 cm³/mol. The van der Waals surface area contributed by atoms with Crippen LogP contribution in [0.4, 0.5) is 0 Å². The Morgan fingerprint density at radius 1 is 1.58 bits per heavy atom. The third-order valence-electron chi connectivity index (χ3n) is 2.24. The maximum Gasteiger partial charge on any atom is 0.0823 e. The van der Waals surface area contributed by atoms with E-state index in [-0.39, 0.29) is 6.10 Å². The van der Waals surface area contributed by atoms with Gasteiger partial charge in [-0.25, -0.2) is 0 Å². The first-order chi connectivity index (χ1) is 5.86. The van der Waals surface area contributed by atoms with Gasteiger partial charge in [-0.2, -0.15) is 0 Å². The average Bonchev–Trinajstić information content (AvgIpc) is 2.30. The quantitative estimate of drug-likeness (QED) is 0.671. The maximum absolute atomic E-state index is 5.58. The third-order valence-corrected chi connectivity index (χ3v) is 2.24. The van der Waals surface area contributed by atoms with Gasteiger partial charge in [-0.15, -0.1) is 0 Å². The van der Waals surface area contributed by atoms with Gasteiger partial charge in [-0.3, -0.25) is 0 Å². The second-order valence-corrected chi connectivity index (χ2v) is 3.38. The van der Waals surface area contributed by atoms with Crippen LogP contribution in [0.15, 0.2) is 0 Å². The van der Waals surface area contributed by atoms with Crippen molar-refractivity contribution in [2.24, 2.45) is 5.73 Å². The largest absolute Gasteiger partial charge is 0.376 e. The van der Waals surface area contributed by atoms with E-state index in [1.165, 1.54) is 19.5 Å². The van der Waals surface area contributed by atoms with Crippen LogP contribution in [0.5, 0.6) is 0 Å². The Bertz CT molecular complexity index is 119. The lowest BCUT2D eigenvalue weighted by Crippen LogP contribution is -2.36. The SMILES string of the molecule is CCCN1CCCOC(CN)C1. The second kappa shape index (κ2) is 5.51. The Labute approximate surface area is 74.9 Å². The van der Waals surface area contributed by atoms with Crippen molar-refractivity contribution in [1.82, 2.24) is 4.90 Å². The lowest BCUT2D eigenvalue weighted by atomic mass is 10.3. The molecule has 0 bridgehead atoms. The molecule has 0 radical (unpaired) electrons. The normalized spacial score (nSPS) is 27.0. The summed E-state index contributed by atoms with van der Waals surface area (Å²) >= 11 is 0. The molecule has 1 saturated heterocycles. The fourth-order valence-electron chi connectivity index (χ4n) is 1.63. The summed E-state index contributed by atoms with van der Waals surface area (Å²) in [6.45, 7) is 7.11. The van der Waals surface area contributed by atoms with Crippen LogP contribution in [-0.2, 0) is 4.74 Å². The molecule has 0 aliphatic carbocycles. The molecule has 1 rings (SSSR count). The lowest BCUT2D eigenvalue weighted by Gasteiger charge is -2.21. The summed E-state index contributed by atoms with van der Waals surface area (Å²) < 4.78 is 5.56. The molecule has 1 unspecified atom stereocenters. The van der Waals surface area contributed by atoms with Gasteiger partial charge in [-0.1, -0.05) is 6.92 Å². The van der Waals surface area contributed by atoms with E-state index in [0.717, 1.165) is 19.6 Å². The van der Waals surface area contributed by atoms with E-state index in [1.54, 1.807) is 0 Å². The van der Waals surface area contributed by atoms with Gasteiger partial charge in [0.05, 0.1) is 6.10 Å². The van der Waals surface area contributed by atoms with Crippen molar-refractivity contribution in [3.8, 4) is 0 Å². The van der Waals surface area contributed by atoms with Crippen molar-refractivity contribution in [2.45, 2.75) is 25.9 Å². The lowest BCUT2D eigenvalue weighted by molar-refractivity contribution is 0.0606. The van der Waals surface area contributed by atoms with Crippen molar-refractivity contribution in [2.75, 3.05) is 32.8 Å². The Morgan fingerprint density at radius 2 is 2.42 bits per heavy atom. The molecular formula is C9H20N2O. The molecular weight excluding hydrogens is 152 g/mol. The molecule has 0 aromatic rings. The zero-order valence-corrected chi connectivity index (χ0v) is 7.96. The van der Waals surface area contributed by atoms with Crippen LogP contribution in [0.2, 0.25) is 0 Å². The minimum Gasteiger partial charge on any atom is -0.376 e. The zero-order chi connectivity index (χ0) is 8.81. The van der Waals surface area contributed by atoms with E-state index in [0.29, 0.717) is 6.54 Å². The minimum atomic E-state index is 0.263. The van der Waals surface area contributed by atoms with Gasteiger partial charge >= 0.3 is 0 Å². The second-order valence-electron chi connectivity index (χ2n) is 3.38. The molecule has 0 aromatic heterocycles. The van der Waals surface area contributed by atoms with Gasteiger partial charge in [0.2, 0.25) is 0 Å². The summed E-state index contributed by atoms with van der Waals surface area (Å²) in [5.41, 5.74) is 5.58. The van der Waals surface area contributed by atoms with Crippen molar-refractivity contribution < 1.29 is 4.74 Å². The number of hydrogen-bond acceptors (Lipinski definition) is 3. The topological polar surface area (TPSA) is 38.5 Å². The van der Waals surface area contributed by atoms with E-state index in [1.807, 2.05) is 0 Å². The molecule has 1 atom stereocenters. The summed E-state index contributed by atoms with van der Waals surface area (Å²) in [6.07, 6.45) is 2.63. The van der Waals surface area contributed by atoms with E-state index in [2.05, 4.69) is 11.8 Å². The molecule has 3 nitrogen and oxygen atoms in total. The van der Waals surface area contributed by atoms with Crippen LogP contribution in [0.25, 0.3) is 0 Å². The fourth-order valence-corrected chi connectivity index (χ4v) is 1.63. The maximum atomic E-state index is 5.58. The molecule has 1 aliphatic rings. The number of hydrogen-bond donors (Lipinski definition) is 1. The highest BCUT2D eigenvalue weighted by molar-refractivity contribution is 4.69. The van der Waals surface area contributed by atoms with E-state index >= 15 is 0 Å². The molecule has 0 spiro atoms. The van der Waals surface area contributed by atoms with E-state index in [4.69, 9.17) is 10.5 Å². The highest BCUT2D eigenvalue weighted by Gasteiger charge is 2.15. The first-order valence-electron chi connectivity index (χ1n) is 4.90. The number of ether oxygens (including phenoxy) is 1. The smallest absolute Gasteiger partial charge is 0.0823 e. The number of nitrogens with zero attached hydrogens (tertiary/aromatic N) is 1. The highest BCUT2D eigenvalue weighted by atomic mass is 16.5. The van der Waals surface area contributed by atoms with Crippen molar-refractivity contribution in [3.63, 3.8) is 0 Å². The monoisotopic (exact) mass is 172 g/mol. The van der Waals surface area contributed by atoms with E-state index in [9.17, 15) is 0 Å². The van der Waals surface area contributed by atoms with Crippen LogP contribution in [0.3, 0.4) is 0 Å². The Balaban J connectivity index is 2.31. The van der Waals surface area contributed by atoms with Crippen LogP contribution in [0.1, 0.15) is 19.8 Å². The molecule has 0 amide bonds. The molecule has 0 aromatic carbocycles. The van der Waals surface area contributed by atoms with Crippen molar-refractivity contribution in [1.29, 1.82) is 0 Å². The predicted octanol–water partition coefficient (Wildman–Crippen LogP) is 0.446. The van der Waals surface area contributed by atoms with Gasteiger partial charge in [-0.05, 0) is 19.4 Å². The average molecular weight is 172 g/mol. The molecule has 1 aliphatic heterocycles. The van der Waals surface area contributed by atoms with Gasteiger partial charge in [0.1, 0.15) is 0 Å². The van der Waals surface area contributed by atoms with Crippen molar-refractivity contribution >= 4 is 0 Å². The molecule has 12 heavy (non-hydrogen) atoms. The summed E-state index contributed by atoms with van der Waals surface area (Å²) in [5, 5.41) is 0. The van der Waals surface area contributed by atoms with E-state index < -0.39 is 0 Å². The number of rotatable bonds is 3. The molecule has 3 heteroatoms. The van der Waals surface area contributed by atoms with Crippen LogP contribution in [-0.4, -0.2) is 43.8 Å². The zero-order valence-electron chi connectivity index (χ0n) is 7.96. The number of nitrogens with two attached hydrogens (primary N) is 1. The molecule has 1 fully saturated rings. The molecule has 0 saturated carbocycles. The van der Waals surface area contributed by atoms with Crippen molar-refractivity contribution in [3.05, 3.63) is 0 Å². The fraction of sp³-hybridized carbons (Fsp3) is 1.00. The third kappa shape index (κ3) is 3.09. The summed E-state index contributed by atoms with van der Waals surface area (Å²) in [7, 11) is 0. The summed E-state index contributed by atoms with van der Waals surface area (Å²) in [4.78, 5) is 2.45. The summed E-state index contributed by atoms with van der Waals surface area (Å²) in [6, 6.07) is 0. The minimum absolute atomic E-state index is 0.263. The van der Waals surface area contributed by atoms with Gasteiger partial charge < -0.3 is 15.4 Å². The van der Waals surface area contributed by atoms with Gasteiger partial charge in [0.25, 0.3) is 0 Å². The first-order valence-corrected chi connectivity index (χ1v) is 4.90. The first kappa shape index (κ1) is 9.96. The Morgan fingerprint density at radius 3 is 3.08 bits per heavy atom. The summed E-state index contributed by atoms with van der Waals surface area (Å²) in [5.74, 6) is 0. The van der Waals surface area contributed by atoms with Gasteiger partial charge in [0, 0.05) is 26.2 Å². The molecule has 1 heterocycles. The highest BCUT2D eigenvalue weighted by Crippen LogP contribution is 2.04. The molecule has 2 N–H and O–H groups in total.